The summed E-state index contributed by atoms with van der Waals surface area (Å²) in [6.07, 6.45) is 0. The number of halogens is 3. The van der Waals surface area contributed by atoms with E-state index in [2.05, 4.69) is 5.10 Å². The van der Waals surface area contributed by atoms with E-state index >= 15 is 0 Å². The molecule has 80 valence electrons. The zero-order valence-corrected chi connectivity index (χ0v) is 12.5. The van der Waals surface area contributed by atoms with Crippen LogP contribution in [0.25, 0.3) is 10.9 Å². The average molecular weight is 252 g/mol. The van der Waals surface area contributed by atoms with Crippen molar-refractivity contribution in [2.75, 3.05) is 0 Å². The molecule has 0 aliphatic carbocycles. The van der Waals surface area contributed by atoms with E-state index in [0.29, 0.717) is 11.1 Å². The molecule has 1 aromatic carbocycles. The van der Waals surface area contributed by atoms with Gasteiger partial charge in [0.1, 0.15) is 0 Å². The van der Waals surface area contributed by atoms with Gasteiger partial charge in [0.05, 0.1) is 5.69 Å². The van der Waals surface area contributed by atoms with Gasteiger partial charge in [0.2, 0.25) is 0 Å². The number of hydrogen-bond acceptors (Lipinski definition) is 1. The molecule has 0 spiro atoms. The van der Waals surface area contributed by atoms with Crippen LogP contribution >= 0.6 is 0 Å². The molecule has 1 aromatic heterocycles. The number of rotatable bonds is 1. The largest absolute Gasteiger partial charge is 1.00 e. The fourth-order valence-corrected chi connectivity index (χ4v) is 1.81. The Hall–Kier alpha value is 0.181. The van der Waals surface area contributed by atoms with Crippen LogP contribution in [0.3, 0.4) is 0 Å². The normalized spacial score (nSPS) is 11.6. The van der Waals surface area contributed by atoms with Crippen molar-refractivity contribution in [1.82, 2.24) is 9.78 Å². The van der Waals surface area contributed by atoms with Crippen molar-refractivity contribution in [2.24, 2.45) is 7.05 Å². The summed E-state index contributed by atoms with van der Waals surface area (Å²) < 4.78 is 39.5. The molecule has 1 heterocycles. The minimum atomic E-state index is -4.98. The second kappa shape index (κ2) is 4.81. The molecule has 2 nitrogen and oxygen atoms in total. The van der Waals surface area contributed by atoms with Crippen molar-refractivity contribution in [3.63, 3.8) is 0 Å². The molecule has 0 bridgehead atoms. The van der Waals surface area contributed by atoms with Gasteiger partial charge in [-0.1, -0.05) is 23.7 Å². The summed E-state index contributed by atoms with van der Waals surface area (Å²) in [5.74, 6) is 0. The standard InChI is InChI=1S/C9H9BF3N2.K/c1-6-7-4-3-5-8(10(11,12)13)9(7)15(2)14-6;/h3-5H,1-2H3;/q-1;+1. The maximum absolute atomic E-state index is 12.7. The zero-order chi connectivity index (χ0) is 11.2. The van der Waals surface area contributed by atoms with Gasteiger partial charge in [-0.3, -0.25) is 4.68 Å². The first-order chi connectivity index (χ1) is 6.91. The van der Waals surface area contributed by atoms with E-state index < -0.39 is 12.4 Å². The first kappa shape index (κ1) is 14.2. The molecule has 0 fully saturated rings. The maximum atomic E-state index is 12.7. The quantitative estimate of drug-likeness (QED) is 0.592. The van der Waals surface area contributed by atoms with Gasteiger partial charge in [0.15, 0.2) is 0 Å². The predicted octanol–water partition coefficient (Wildman–Crippen LogP) is -1.06. The zero-order valence-electron chi connectivity index (χ0n) is 9.34. The fourth-order valence-electron chi connectivity index (χ4n) is 1.81. The van der Waals surface area contributed by atoms with E-state index in [9.17, 15) is 12.9 Å². The van der Waals surface area contributed by atoms with Gasteiger partial charge in [-0.05, 0) is 6.92 Å². The van der Waals surface area contributed by atoms with Gasteiger partial charge in [0.25, 0.3) is 0 Å². The van der Waals surface area contributed by atoms with Crippen molar-refractivity contribution >= 4 is 23.3 Å². The van der Waals surface area contributed by atoms with E-state index in [1.54, 1.807) is 13.0 Å². The third-order valence-electron chi connectivity index (χ3n) is 2.43. The van der Waals surface area contributed by atoms with Crippen molar-refractivity contribution < 1.29 is 64.3 Å². The van der Waals surface area contributed by atoms with Crippen molar-refractivity contribution in [3.8, 4) is 0 Å². The summed E-state index contributed by atoms with van der Waals surface area (Å²) in [6.45, 7) is -3.28. The molecule has 16 heavy (non-hydrogen) atoms. The molecule has 2 aromatic rings. The Balaban J connectivity index is 0.00000128. The van der Waals surface area contributed by atoms with Crippen LogP contribution in [-0.4, -0.2) is 16.8 Å². The van der Waals surface area contributed by atoms with Gasteiger partial charge in [-0.25, -0.2) is 0 Å². The molecule has 0 atom stereocenters. The Labute approximate surface area is 134 Å². The number of hydrogen-bond donors (Lipinski definition) is 0. The van der Waals surface area contributed by atoms with Gasteiger partial charge >= 0.3 is 58.4 Å². The van der Waals surface area contributed by atoms with Crippen LogP contribution in [0.2, 0.25) is 0 Å². The number of para-hydroxylation sites is 1. The predicted molar refractivity (Wildman–Crippen MR) is 54.2 cm³/mol. The molecular formula is C9H9BF3KN2. The first-order valence-electron chi connectivity index (χ1n) is 4.53. The third kappa shape index (κ3) is 2.38. The van der Waals surface area contributed by atoms with E-state index in [0.717, 1.165) is 6.07 Å². The molecule has 0 saturated heterocycles. The molecule has 0 saturated carbocycles. The van der Waals surface area contributed by atoms with Gasteiger partial charge in [0, 0.05) is 18.0 Å². The maximum Gasteiger partial charge on any atom is 1.00 e. The SMILES string of the molecule is Cc1nn(C)c2c([B-](F)(F)F)cccc12.[K+]. The van der Waals surface area contributed by atoms with E-state index in [-0.39, 0.29) is 56.9 Å². The Bertz CT molecular complexity index is 521. The van der Waals surface area contributed by atoms with Crippen molar-refractivity contribution in [3.05, 3.63) is 23.9 Å². The fraction of sp³-hybridized carbons (Fsp3) is 0.222. The molecular weight excluding hydrogens is 243 g/mol. The second-order valence-electron chi connectivity index (χ2n) is 3.53. The minimum absolute atomic E-state index is 0. The van der Waals surface area contributed by atoms with Gasteiger partial charge in [-0.15, -0.1) is 0 Å². The van der Waals surface area contributed by atoms with E-state index in [1.165, 1.54) is 17.8 Å². The van der Waals surface area contributed by atoms with Crippen LogP contribution in [-0.2, 0) is 7.05 Å². The van der Waals surface area contributed by atoms with Gasteiger partial charge in [-0.2, -0.15) is 5.10 Å². The molecule has 0 radical (unpaired) electrons. The van der Waals surface area contributed by atoms with Gasteiger partial charge < -0.3 is 12.9 Å². The van der Waals surface area contributed by atoms with E-state index in [1.807, 2.05) is 0 Å². The van der Waals surface area contributed by atoms with Crippen LogP contribution in [0.1, 0.15) is 5.69 Å². The topological polar surface area (TPSA) is 17.8 Å². The molecule has 0 aliphatic rings. The Kier molecular flexibility index (Phi) is 4.29. The Morgan fingerprint density at radius 1 is 1.25 bits per heavy atom. The number of aryl methyl sites for hydroxylation is 2. The Morgan fingerprint density at radius 2 is 1.88 bits per heavy atom. The van der Waals surface area contributed by atoms with Crippen LogP contribution in [0.4, 0.5) is 12.9 Å². The van der Waals surface area contributed by atoms with Crippen LogP contribution in [0, 0.1) is 6.92 Å². The summed E-state index contributed by atoms with van der Waals surface area (Å²) in [7, 11) is 1.53. The number of fused-ring (bicyclic) bond motifs is 1. The summed E-state index contributed by atoms with van der Waals surface area (Å²) in [4.78, 5) is 0. The van der Waals surface area contributed by atoms with Crippen LogP contribution < -0.4 is 56.8 Å². The summed E-state index contributed by atoms with van der Waals surface area (Å²) in [6, 6.07) is 4.17. The molecule has 2 rings (SSSR count). The molecule has 0 unspecified atom stereocenters. The van der Waals surface area contributed by atoms with Crippen molar-refractivity contribution in [2.45, 2.75) is 6.92 Å². The third-order valence-corrected chi connectivity index (χ3v) is 2.43. The number of aromatic nitrogens is 2. The molecule has 7 heteroatoms. The second-order valence-corrected chi connectivity index (χ2v) is 3.53. The van der Waals surface area contributed by atoms with E-state index in [4.69, 9.17) is 0 Å². The summed E-state index contributed by atoms with van der Waals surface area (Å²) in [5.41, 5.74) is 0.215. The van der Waals surface area contributed by atoms with Crippen molar-refractivity contribution in [1.29, 1.82) is 0 Å². The summed E-state index contributed by atoms with van der Waals surface area (Å²) in [5, 5.41) is 4.56. The molecule has 0 aliphatic heterocycles. The molecule has 0 amide bonds. The number of nitrogens with zero attached hydrogens (tertiary/aromatic N) is 2. The average Bonchev–Trinajstić information content (AvgIpc) is 2.41. The minimum Gasteiger partial charge on any atom is -0.445 e. The number of benzene rings is 1. The monoisotopic (exact) mass is 252 g/mol. The van der Waals surface area contributed by atoms with Crippen LogP contribution in [0.5, 0.6) is 0 Å². The Morgan fingerprint density at radius 3 is 2.44 bits per heavy atom. The first-order valence-corrected chi connectivity index (χ1v) is 4.53. The smallest absolute Gasteiger partial charge is 0.445 e. The summed E-state index contributed by atoms with van der Waals surface area (Å²) >= 11 is 0. The van der Waals surface area contributed by atoms with Crippen LogP contribution in [0.15, 0.2) is 18.2 Å². The molecule has 0 N–H and O–H groups in total.